The van der Waals surface area contributed by atoms with Gasteiger partial charge in [-0.05, 0) is 25.0 Å². The van der Waals surface area contributed by atoms with Gasteiger partial charge in [-0.2, -0.15) is 0 Å². The topological polar surface area (TPSA) is 52.7 Å². The molecule has 0 unspecified atom stereocenters. The van der Waals surface area contributed by atoms with Crippen molar-refractivity contribution in [2.45, 2.75) is 18.9 Å². The molecule has 1 aliphatic heterocycles. The Morgan fingerprint density at radius 2 is 1.77 bits per heavy atom. The number of urea groups is 1. The van der Waals surface area contributed by atoms with E-state index in [2.05, 4.69) is 5.32 Å². The molecule has 5 nitrogen and oxygen atoms in total. The Bertz CT molecular complexity index is 578. The number of carbonyl (C=O) groups excluding carboxylic acids is 2. The first-order valence-corrected chi connectivity index (χ1v) is 7.73. The Balaban J connectivity index is 1.61. The summed E-state index contributed by atoms with van der Waals surface area (Å²) in [5, 5.41) is 3.03. The minimum atomic E-state index is -0.619. The molecular formula is C15H17ClFN3O2. The van der Waals surface area contributed by atoms with Crippen LogP contribution in [-0.4, -0.2) is 54.0 Å². The predicted octanol–water partition coefficient (Wildman–Crippen LogP) is 2.11. The fourth-order valence-electron chi connectivity index (χ4n) is 2.47. The second kappa shape index (κ2) is 6.12. The summed E-state index contributed by atoms with van der Waals surface area (Å²) >= 11 is 5.92. The summed E-state index contributed by atoms with van der Waals surface area (Å²) in [4.78, 5) is 27.5. The maximum absolute atomic E-state index is 13.8. The minimum Gasteiger partial charge on any atom is -0.335 e. The van der Waals surface area contributed by atoms with Gasteiger partial charge in [0, 0.05) is 32.2 Å². The maximum Gasteiger partial charge on any atom is 0.317 e. The van der Waals surface area contributed by atoms with Crippen molar-refractivity contribution in [1.82, 2.24) is 15.1 Å². The van der Waals surface area contributed by atoms with Gasteiger partial charge < -0.3 is 15.1 Å². The smallest absolute Gasteiger partial charge is 0.317 e. The summed E-state index contributed by atoms with van der Waals surface area (Å²) in [6, 6.07) is 4.41. The van der Waals surface area contributed by atoms with Crippen LogP contribution in [0.15, 0.2) is 18.2 Å². The normalized spacial score (nSPS) is 18.3. The molecule has 0 bridgehead atoms. The highest BCUT2D eigenvalue weighted by Gasteiger charge is 2.30. The number of halogens is 2. The lowest BCUT2D eigenvalue weighted by Gasteiger charge is -2.35. The van der Waals surface area contributed by atoms with Crippen LogP contribution in [0.5, 0.6) is 0 Å². The molecule has 1 heterocycles. The third kappa shape index (κ3) is 3.16. The molecule has 3 amide bonds. The lowest BCUT2D eigenvalue weighted by molar-refractivity contribution is 0.0660. The van der Waals surface area contributed by atoms with Crippen LogP contribution in [-0.2, 0) is 0 Å². The number of piperazine rings is 1. The standard InChI is InChI=1S/C15H17ClFN3O2/c16-11-2-1-3-12(17)13(11)14(21)19-6-8-20(9-7-19)15(22)18-10-4-5-10/h1-3,10H,4-9H2,(H,18,22). The van der Waals surface area contributed by atoms with Crippen LogP contribution in [0.4, 0.5) is 9.18 Å². The fourth-order valence-corrected chi connectivity index (χ4v) is 2.71. The molecule has 0 spiro atoms. The van der Waals surface area contributed by atoms with E-state index in [-0.39, 0.29) is 16.6 Å². The van der Waals surface area contributed by atoms with Gasteiger partial charge in [0.05, 0.1) is 10.6 Å². The van der Waals surface area contributed by atoms with E-state index in [0.717, 1.165) is 12.8 Å². The molecule has 1 aromatic carbocycles. The molecule has 118 valence electrons. The van der Waals surface area contributed by atoms with Crippen molar-refractivity contribution in [3.63, 3.8) is 0 Å². The average Bonchev–Trinajstić information content (AvgIpc) is 3.31. The average molecular weight is 326 g/mol. The Morgan fingerprint density at radius 1 is 1.14 bits per heavy atom. The molecule has 1 saturated carbocycles. The Hall–Kier alpha value is -1.82. The highest BCUT2D eigenvalue weighted by molar-refractivity contribution is 6.33. The molecule has 22 heavy (non-hydrogen) atoms. The fraction of sp³-hybridized carbons (Fsp3) is 0.467. The number of nitrogens with zero attached hydrogens (tertiary/aromatic N) is 2. The minimum absolute atomic E-state index is 0.0847. The maximum atomic E-state index is 13.8. The van der Waals surface area contributed by atoms with Gasteiger partial charge >= 0.3 is 6.03 Å². The van der Waals surface area contributed by atoms with Crippen LogP contribution in [0.3, 0.4) is 0 Å². The molecule has 3 rings (SSSR count). The lowest BCUT2D eigenvalue weighted by Crippen LogP contribution is -2.53. The zero-order chi connectivity index (χ0) is 15.7. The quantitative estimate of drug-likeness (QED) is 0.905. The third-order valence-electron chi connectivity index (χ3n) is 3.94. The Morgan fingerprint density at radius 3 is 2.36 bits per heavy atom. The van der Waals surface area contributed by atoms with Gasteiger partial charge in [0.2, 0.25) is 0 Å². The van der Waals surface area contributed by atoms with Gasteiger partial charge in [0.15, 0.2) is 0 Å². The summed E-state index contributed by atoms with van der Waals surface area (Å²) < 4.78 is 13.8. The highest BCUT2D eigenvalue weighted by atomic mass is 35.5. The SMILES string of the molecule is O=C(NC1CC1)N1CCN(C(=O)c2c(F)cccc2Cl)CC1. The van der Waals surface area contributed by atoms with E-state index < -0.39 is 11.7 Å². The summed E-state index contributed by atoms with van der Waals surface area (Å²) in [5.74, 6) is -1.04. The first-order chi connectivity index (χ1) is 10.6. The zero-order valence-corrected chi connectivity index (χ0v) is 12.8. The molecule has 0 atom stereocenters. The zero-order valence-electron chi connectivity index (χ0n) is 12.0. The summed E-state index contributed by atoms with van der Waals surface area (Å²) in [5.41, 5.74) is -0.0972. The van der Waals surface area contributed by atoms with Crippen molar-refractivity contribution < 1.29 is 14.0 Å². The van der Waals surface area contributed by atoms with Crippen molar-refractivity contribution in [3.8, 4) is 0 Å². The van der Waals surface area contributed by atoms with Crippen molar-refractivity contribution in [1.29, 1.82) is 0 Å². The van der Waals surface area contributed by atoms with Crippen LogP contribution in [0.2, 0.25) is 5.02 Å². The Labute approximate surface area is 133 Å². The van der Waals surface area contributed by atoms with E-state index >= 15 is 0 Å². The molecule has 2 fully saturated rings. The molecule has 2 aliphatic rings. The molecule has 0 radical (unpaired) electrons. The number of benzene rings is 1. The van der Waals surface area contributed by atoms with Crippen molar-refractivity contribution in [3.05, 3.63) is 34.6 Å². The van der Waals surface area contributed by atoms with Gasteiger partial charge in [0.1, 0.15) is 5.82 Å². The summed E-state index contributed by atoms with van der Waals surface area (Å²) in [7, 11) is 0. The number of hydrogen-bond acceptors (Lipinski definition) is 2. The molecular weight excluding hydrogens is 309 g/mol. The van der Waals surface area contributed by atoms with Crippen LogP contribution in [0.25, 0.3) is 0 Å². The van der Waals surface area contributed by atoms with Crippen LogP contribution in [0.1, 0.15) is 23.2 Å². The molecule has 1 aliphatic carbocycles. The van der Waals surface area contributed by atoms with Gasteiger partial charge in [-0.25, -0.2) is 9.18 Å². The largest absolute Gasteiger partial charge is 0.335 e. The molecule has 7 heteroatoms. The third-order valence-corrected chi connectivity index (χ3v) is 4.25. The number of rotatable bonds is 2. The van der Waals surface area contributed by atoms with Gasteiger partial charge in [-0.3, -0.25) is 4.79 Å². The first-order valence-electron chi connectivity index (χ1n) is 7.35. The van der Waals surface area contributed by atoms with E-state index in [1.807, 2.05) is 0 Å². The van der Waals surface area contributed by atoms with E-state index in [9.17, 15) is 14.0 Å². The molecule has 1 saturated heterocycles. The lowest BCUT2D eigenvalue weighted by atomic mass is 10.1. The second-order valence-electron chi connectivity index (χ2n) is 5.60. The first kappa shape index (κ1) is 15.1. The molecule has 0 aromatic heterocycles. The van der Waals surface area contributed by atoms with Gasteiger partial charge in [0.25, 0.3) is 5.91 Å². The van der Waals surface area contributed by atoms with Gasteiger partial charge in [-0.15, -0.1) is 0 Å². The summed E-state index contributed by atoms with van der Waals surface area (Å²) in [6.45, 7) is 1.63. The van der Waals surface area contributed by atoms with Crippen LogP contribution >= 0.6 is 11.6 Å². The second-order valence-corrected chi connectivity index (χ2v) is 6.01. The molecule has 1 aromatic rings. The Kier molecular flexibility index (Phi) is 4.20. The number of amides is 3. The van der Waals surface area contributed by atoms with E-state index in [4.69, 9.17) is 11.6 Å². The van der Waals surface area contributed by atoms with E-state index in [0.29, 0.717) is 32.2 Å². The van der Waals surface area contributed by atoms with E-state index in [1.165, 1.54) is 23.1 Å². The van der Waals surface area contributed by atoms with Gasteiger partial charge in [-0.1, -0.05) is 17.7 Å². The highest BCUT2D eigenvalue weighted by Crippen LogP contribution is 2.22. The monoisotopic (exact) mass is 325 g/mol. The number of hydrogen-bond donors (Lipinski definition) is 1. The van der Waals surface area contributed by atoms with Crippen LogP contribution in [0, 0.1) is 5.82 Å². The summed E-state index contributed by atoms with van der Waals surface area (Å²) in [6.07, 6.45) is 2.08. The molecule has 1 N–H and O–H groups in total. The number of carbonyl (C=O) groups is 2. The predicted molar refractivity (Wildman–Crippen MR) is 80.4 cm³/mol. The van der Waals surface area contributed by atoms with Crippen molar-refractivity contribution >= 4 is 23.5 Å². The number of nitrogens with one attached hydrogen (secondary N) is 1. The van der Waals surface area contributed by atoms with Crippen molar-refractivity contribution in [2.24, 2.45) is 0 Å². The van der Waals surface area contributed by atoms with E-state index in [1.54, 1.807) is 4.90 Å². The van der Waals surface area contributed by atoms with Crippen LogP contribution < -0.4 is 5.32 Å². The van der Waals surface area contributed by atoms with Crippen molar-refractivity contribution in [2.75, 3.05) is 26.2 Å².